The van der Waals surface area contributed by atoms with Crippen LogP contribution < -0.4 is 4.90 Å². The summed E-state index contributed by atoms with van der Waals surface area (Å²) < 4.78 is 6.53. The number of hydrogen-bond donors (Lipinski definition) is 0. The van der Waals surface area contributed by atoms with E-state index in [1.807, 2.05) is 6.07 Å². The fraction of sp³-hybridized carbons (Fsp3) is 0. The zero-order valence-electron chi connectivity index (χ0n) is 32.6. The summed E-state index contributed by atoms with van der Waals surface area (Å²) in [6.45, 7) is 0. The molecule has 0 radical (unpaired) electrons. The summed E-state index contributed by atoms with van der Waals surface area (Å²) in [5, 5.41) is 17.4. The highest BCUT2D eigenvalue weighted by Crippen LogP contribution is 2.50. The van der Waals surface area contributed by atoms with Gasteiger partial charge in [0.1, 0.15) is 11.2 Å². The SMILES string of the molecule is c1ccc(-c2ccc(-c3ccc(N(c4cc5cccc6c7cccc8ccc9cccc(c%10cccc4c%10c56)c9c87)c4cccc5oc6ccccc6c45)cc3)cc2)cc1. The molecule has 0 atom stereocenters. The lowest BCUT2D eigenvalue weighted by Crippen LogP contribution is -2.11. The fourth-order valence-corrected chi connectivity index (χ4v) is 10.1. The van der Waals surface area contributed by atoms with Gasteiger partial charge in [0, 0.05) is 21.8 Å². The highest BCUT2D eigenvalue weighted by atomic mass is 16.3. The summed E-state index contributed by atoms with van der Waals surface area (Å²) >= 11 is 0. The molecule has 13 aromatic rings. The molecule has 2 heteroatoms. The molecular formula is C58H35NO. The largest absolute Gasteiger partial charge is 0.456 e. The van der Waals surface area contributed by atoms with Crippen LogP contribution in [0.25, 0.3) is 109 Å². The monoisotopic (exact) mass is 761 g/mol. The summed E-state index contributed by atoms with van der Waals surface area (Å²) in [4.78, 5) is 2.46. The van der Waals surface area contributed by atoms with Crippen LogP contribution in [0.3, 0.4) is 0 Å². The number of nitrogens with zero attached hydrogens (tertiary/aromatic N) is 1. The normalized spacial score (nSPS) is 12.0. The van der Waals surface area contributed by atoms with Crippen molar-refractivity contribution in [1.82, 2.24) is 0 Å². The number of fused-ring (bicyclic) bond motifs is 5. The molecule has 0 bridgehead atoms. The van der Waals surface area contributed by atoms with Gasteiger partial charge >= 0.3 is 0 Å². The van der Waals surface area contributed by atoms with Gasteiger partial charge in [-0.3, -0.25) is 0 Å². The van der Waals surface area contributed by atoms with Crippen molar-refractivity contribution in [2.75, 3.05) is 4.90 Å². The van der Waals surface area contributed by atoms with E-state index in [4.69, 9.17) is 4.42 Å². The summed E-state index contributed by atoms with van der Waals surface area (Å²) in [6, 6.07) is 77.7. The van der Waals surface area contributed by atoms with Crippen molar-refractivity contribution in [2.45, 2.75) is 0 Å². The second-order valence-corrected chi connectivity index (χ2v) is 16.0. The molecule has 1 aromatic heterocycles. The van der Waals surface area contributed by atoms with Gasteiger partial charge in [-0.1, -0.05) is 176 Å². The minimum absolute atomic E-state index is 0.868. The highest BCUT2D eigenvalue weighted by molar-refractivity contribution is 6.38. The molecule has 278 valence electrons. The molecule has 0 aliphatic rings. The Morgan fingerprint density at radius 1 is 0.267 bits per heavy atom. The van der Waals surface area contributed by atoms with Crippen LogP contribution in [0, 0.1) is 0 Å². The third-order valence-electron chi connectivity index (χ3n) is 12.8. The standard InChI is InChI=1S/C58H35NO/c1-2-11-36(12-3-1)37-25-27-38(28-26-37)39-31-33-43(34-32-39)59(50-22-10-24-53-58(50)49-16-4-5-23-52(49)60-53)51-35-42-15-8-19-45-44-17-6-13-40-29-30-41-14-7-18-46(55(41)54(40)44)47-20-9-21-48(51)57(47)56(42)45/h1-35H. The van der Waals surface area contributed by atoms with Gasteiger partial charge in [0.2, 0.25) is 0 Å². The van der Waals surface area contributed by atoms with Gasteiger partial charge in [0.25, 0.3) is 0 Å². The van der Waals surface area contributed by atoms with Crippen molar-refractivity contribution in [3.63, 3.8) is 0 Å². The molecule has 0 aliphatic carbocycles. The van der Waals surface area contributed by atoms with Gasteiger partial charge in [-0.15, -0.1) is 0 Å². The first-order chi connectivity index (χ1) is 29.8. The first-order valence-corrected chi connectivity index (χ1v) is 20.7. The lowest BCUT2D eigenvalue weighted by Gasteiger charge is -2.29. The zero-order valence-corrected chi connectivity index (χ0v) is 32.6. The zero-order chi connectivity index (χ0) is 39.3. The molecule has 0 amide bonds. The van der Waals surface area contributed by atoms with Crippen molar-refractivity contribution in [2.24, 2.45) is 0 Å². The average molecular weight is 762 g/mol. The Morgan fingerprint density at radius 2 is 0.733 bits per heavy atom. The van der Waals surface area contributed by atoms with E-state index >= 15 is 0 Å². The molecule has 0 spiro atoms. The van der Waals surface area contributed by atoms with Gasteiger partial charge in [-0.25, -0.2) is 0 Å². The summed E-state index contributed by atoms with van der Waals surface area (Å²) in [5.74, 6) is 0. The third kappa shape index (κ3) is 4.82. The number of benzene rings is 11. The number of anilines is 3. The van der Waals surface area contributed by atoms with E-state index in [1.54, 1.807) is 0 Å². The minimum Gasteiger partial charge on any atom is -0.456 e. The molecule has 0 unspecified atom stereocenters. The van der Waals surface area contributed by atoms with Gasteiger partial charge in [-0.05, 0) is 113 Å². The molecule has 0 saturated heterocycles. The van der Waals surface area contributed by atoms with E-state index in [2.05, 4.69) is 211 Å². The Bertz CT molecular complexity index is 3800. The second kappa shape index (κ2) is 12.8. The van der Waals surface area contributed by atoms with Gasteiger partial charge in [-0.2, -0.15) is 0 Å². The van der Waals surface area contributed by atoms with E-state index in [1.165, 1.54) is 86.9 Å². The molecule has 13 rings (SSSR count). The van der Waals surface area contributed by atoms with E-state index in [0.717, 1.165) is 39.0 Å². The van der Waals surface area contributed by atoms with E-state index in [9.17, 15) is 0 Å². The Labute approximate surface area is 346 Å². The predicted molar refractivity (Wildman–Crippen MR) is 255 cm³/mol. The van der Waals surface area contributed by atoms with Crippen LogP contribution in [0.15, 0.2) is 217 Å². The molecule has 0 aliphatic heterocycles. The van der Waals surface area contributed by atoms with E-state index in [0.29, 0.717) is 0 Å². The molecule has 0 fully saturated rings. The van der Waals surface area contributed by atoms with E-state index < -0.39 is 0 Å². The molecule has 0 N–H and O–H groups in total. The van der Waals surface area contributed by atoms with Crippen molar-refractivity contribution < 1.29 is 4.42 Å². The van der Waals surface area contributed by atoms with Gasteiger partial charge in [0.15, 0.2) is 0 Å². The van der Waals surface area contributed by atoms with Gasteiger partial charge < -0.3 is 9.32 Å². The number of furan rings is 1. The quantitative estimate of drug-likeness (QED) is 0.162. The summed E-state index contributed by atoms with van der Waals surface area (Å²) in [5.41, 5.74) is 9.80. The number of hydrogen-bond acceptors (Lipinski definition) is 2. The predicted octanol–water partition coefficient (Wildman–Crippen LogP) is 16.7. The second-order valence-electron chi connectivity index (χ2n) is 16.0. The highest BCUT2D eigenvalue weighted by Gasteiger charge is 2.24. The van der Waals surface area contributed by atoms with Crippen LogP contribution in [0.2, 0.25) is 0 Å². The summed E-state index contributed by atoms with van der Waals surface area (Å²) in [7, 11) is 0. The number of para-hydroxylation sites is 1. The maximum absolute atomic E-state index is 6.53. The Kier molecular flexibility index (Phi) is 7.05. The van der Waals surface area contributed by atoms with Crippen LogP contribution in [0.5, 0.6) is 0 Å². The van der Waals surface area contributed by atoms with Crippen LogP contribution in [-0.4, -0.2) is 0 Å². The lowest BCUT2D eigenvalue weighted by molar-refractivity contribution is 0.669. The van der Waals surface area contributed by atoms with Crippen molar-refractivity contribution in [1.29, 1.82) is 0 Å². The molecule has 60 heavy (non-hydrogen) atoms. The maximum Gasteiger partial charge on any atom is 0.137 e. The third-order valence-corrected chi connectivity index (χ3v) is 12.8. The molecule has 2 nitrogen and oxygen atoms in total. The lowest BCUT2D eigenvalue weighted by atomic mass is 9.87. The van der Waals surface area contributed by atoms with Crippen molar-refractivity contribution in [3.05, 3.63) is 212 Å². The maximum atomic E-state index is 6.53. The molecule has 12 aromatic carbocycles. The number of rotatable bonds is 5. The molecular weight excluding hydrogens is 727 g/mol. The Morgan fingerprint density at radius 3 is 1.40 bits per heavy atom. The minimum atomic E-state index is 0.868. The average Bonchev–Trinajstić information content (AvgIpc) is 3.70. The van der Waals surface area contributed by atoms with Crippen LogP contribution in [0.4, 0.5) is 17.1 Å². The van der Waals surface area contributed by atoms with Crippen LogP contribution >= 0.6 is 0 Å². The Balaban J connectivity index is 1.11. The van der Waals surface area contributed by atoms with E-state index in [-0.39, 0.29) is 0 Å². The van der Waals surface area contributed by atoms with Crippen LogP contribution in [-0.2, 0) is 0 Å². The topological polar surface area (TPSA) is 16.4 Å². The van der Waals surface area contributed by atoms with Gasteiger partial charge in [0.05, 0.1) is 16.8 Å². The molecule has 1 heterocycles. The fourth-order valence-electron chi connectivity index (χ4n) is 10.1. The first-order valence-electron chi connectivity index (χ1n) is 20.7. The van der Waals surface area contributed by atoms with Crippen molar-refractivity contribution >= 4 is 104 Å². The van der Waals surface area contributed by atoms with Crippen molar-refractivity contribution in [3.8, 4) is 22.3 Å². The first kappa shape index (κ1) is 33.1. The van der Waals surface area contributed by atoms with Crippen LogP contribution in [0.1, 0.15) is 0 Å². The molecule has 0 saturated carbocycles. The smallest absolute Gasteiger partial charge is 0.137 e. The summed E-state index contributed by atoms with van der Waals surface area (Å²) in [6.07, 6.45) is 0. The Hall–Kier alpha value is -7.94.